The Kier molecular flexibility index (Phi) is 7.34. The van der Waals surface area contributed by atoms with E-state index >= 15 is 0 Å². The number of carbonyl (C=O) groups is 1. The molecule has 0 spiro atoms. The quantitative estimate of drug-likeness (QED) is 0.460. The second kappa shape index (κ2) is 10.3. The van der Waals surface area contributed by atoms with E-state index in [1.165, 1.54) is 10.9 Å². The van der Waals surface area contributed by atoms with Gasteiger partial charge in [-0.1, -0.05) is 0 Å². The molecule has 3 N–H and O–H groups in total. The van der Waals surface area contributed by atoms with Crippen molar-refractivity contribution >= 4 is 12.1 Å². The van der Waals surface area contributed by atoms with E-state index in [1.54, 1.807) is 72.7 Å². The van der Waals surface area contributed by atoms with Crippen molar-refractivity contribution in [2.45, 2.75) is 39.5 Å². The monoisotopic (exact) mass is 528 g/mol. The lowest BCUT2D eigenvalue weighted by atomic mass is 9.88. The number of imidazole rings is 1. The van der Waals surface area contributed by atoms with Gasteiger partial charge in [-0.3, -0.25) is 19.9 Å². The number of hydrogen-bond acceptors (Lipinski definition) is 5. The molecule has 0 atom stereocenters. The predicted octanol–water partition coefficient (Wildman–Crippen LogP) is 3.19. The number of aromatic nitrogens is 4. The number of amides is 1. The van der Waals surface area contributed by atoms with Crippen LogP contribution in [0.1, 0.15) is 41.0 Å². The molecule has 0 unspecified atom stereocenters. The van der Waals surface area contributed by atoms with E-state index in [0.717, 1.165) is 0 Å². The molecule has 3 heterocycles. The molecule has 0 saturated heterocycles. The molecule has 2 aromatic heterocycles. The zero-order valence-corrected chi connectivity index (χ0v) is 21.8. The summed E-state index contributed by atoms with van der Waals surface area (Å²) in [5.74, 6) is -0.293. The predicted molar refractivity (Wildman–Crippen MR) is 138 cm³/mol. The van der Waals surface area contributed by atoms with E-state index in [-0.39, 0.29) is 36.7 Å². The molecule has 1 aromatic carbocycles. The van der Waals surface area contributed by atoms with Crippen LogP contribution < -0.4 is 11.4 Å². The third-order valence-corrected chi connectivity index (χ3v) is 6.69. The molecule has 1 aliphatic heterocycles. The molecule has 0 radical (unpaired) electrons. The van der Waals surface area contributed by atoms with Crippen LogP contribution in [0.2, 0.25) is 0 Å². The molecule has 202 valence electrons. The van der Waals surface area contributed by atoms with Gasteiger partial charge in [-0.2, -0.15) is 18.3 Å². The molecule has 3 aromatic rings. The Morgan fingerprint density at radius 3 is 2.53 bits per heavy atom. The van der Waals surface area contributed by atoms with E-state index in [9.17, 15) is 18.0 Å². The Hall–Kier alpha value is -4.09. The highest BCUT2D eigenvalue weighted by Crippen LogP contribution is 2.40. The number of alkyl halides is 3. The first-order valence-electron chi connectivity index (χ1n) is 12.2. The molecule has 0 saturated carbocycles. The largest absolute Gasteiger partial charge is 0.435 e. The molecule has 1 aliphatic rings. The minimum absolute atomic E-state index is 0.0561. The van der Waals surface area contributed by atoms with Crippen LogP contribution in [-0.4, -0.2) is 56.1 Å². The topological polar surface area (TPSA) is 110 Å². The summed E-state index contributed by atoms with van der Waals surface area (Å²) in [6.07, 6.45) is 2.14. The Morgan fingerprint density at radius 1 is 1.24 bits per heavy atom. The summed E-state index contributed by atoms with van der Waals surface area (Å²) in [7, 11) is 3.35. The van der Waals surface area contributed by atoms with E-state index in [1.807, 2.05) is 0 Å². The van der Waals surface area contributed by atoms with E-state index in [4.69, 9.17) is 11.1 Å². The first-order chi connectivity index (χ1) is 17.9. The molecule has 0 fully saturated rings. The van der Waals surface area contributed by atoms with Gasteiger partial charge in [0.15, 0.2) is 5.69 Å². The summed E-state index contributed by atoms with van der Waals surface area (Å²) in [5.41, 5.74) is 8.25. The first kappa shape index (κ1) is 27.0. The van der Waals surface area contributed by atoms with Gasteiger partial charge >= 0.3 is 6.18 Å². The van der Waals surface area contributed by atoms with E-state index < -0.39 is 11.9 Å². The molecule has 1 amide bonds. The van der Waals surface area contributed by atoms with Gasteiger partial charge in [0, 0.05) is 80.9 Å². The second-order valence-electron chi connectivity index (χ2n) is 9.35. The number of fused-ring (bicyclic) bond motifs is 1. The molecule has 0 aliphatic carbocycles. The summed E-state index contributed by atoms with van der Waals surface area (Å²) in [6, 6.07) is 3.41. The summed E-state index contributed by atoms with van der Waals surface area (Å²) in [4.78, 5) is 19.4. The third-order valence-electron chi connectivity index (χ3n) is 6.69. The van der Waals surface area contributed by atoms with Gasteiger partial charge in [0.25, 0.3) is 5.91 Å². The maximum Gasteiger partial charge on any atom is 0.435 e. The van der Waals surface area contributed by atoms with Crippen LogP contribution in [0.25, 0.3) is 11.1 Å². The maximum atomic E-state index is 14.0. The van der Waals surface area contributed by atoms with Crippen LogP contribution in [0.4, 0.5) is 13.2 Å². The average Bonchev–Trinajstić information content (AvgIpc) is 3.44. The summed E-state index contributed by atoms with van der Waals surface area (Å²) < 4.78 is 46.7. The summed E-state index contributed by atoms with van der Waals surface area (Å²) in [6.45, 7) is 4.49. The Bertz CT molecular complexity index is 1480. The number of halogens is 3. The fraction of sp³-hybridized carbons (Fsp3) is 0.385. The van der Waals surface area contributed by atoms with Crippen molar-refractivity contribution in [3.05, 3.63) is 70.0 Å². The summed E-state index contributed by atoms with van der Waals surface area (Å²) in [5, 5.41) is 12.1. The van der Waals surface area contributed by atoms with Crippen molar-refractivity contribution in [1.29, 1.82) is 5.41 Å². The van der Waals surface area contributed by atoms with Crippen molar-refractivity contribution in [2.75, 3.05) is 20.1 Å². The van der Waals surface area contributed by atoms with Gasteiger partial charge in [-0.25, -0.2) is 0 Å². The smallest absolute Gasteiger partial charge is 0.402 e. The number of nitrogens with one attached hydrogen (secondary N) is 1. The zero-order chi connectivity index (χ0) is 27.8. The summed E-state index contributed by atoms with van der Waals surface area (Å²) >= 11 is 0. The highest BCUT2D eigenvalue weighted by Gasteiger charge is 2.39. The SMILES string of the molecule is CCn1cc(-c2cc(Cn3ccn(C)c3=N)cc3c2CCN(C/C(C=NC)=C(\C)N)C3=O)c(C(F)(F)F)n1. The van der Waals surface area contributed by atoms with Crippen molar-refractivity contribution in [2.24, 2.45) is 17.8 Å². The lowest BCUT2D eigenvalue weighted by Gasteiger charge is -2.31. The standard InChI is InChI=1S/C26H31F3N8O/c1-5-37-15-22(23(33-37)26(27,28)29)20-10-17(13-36-9-8-34(4)25(36)31)11-21-19(20)6-7-35(24(21)38)14-18(12-32-3)16(2)30/h8-12,15,31H,5-7,13-14,30H2,1-4H3/b18-16+,31-25?,32-12?. The minimum atomic E-state index is -4.66. The van der Waals surface area contributed by atoms with Crippen molar-refractivity contribution in [3.8, 4) is 11.1 Å². The molecule has 4 rings (SSSR count). The van der Waals surface area contributed by atoms with Gasteiger partial charge in [-0.15, -0.1) is 0 Å². The molecular weight excluding hydrogens is 497 g/mol. The Labute approximate surface area is 218 Å². The first-order valence-corrected chi connectivity index (χ1v) is 12.2. The number of aryl methyl sites for hydroxylation is 2. The molecule has 0 bridgehead atoms. The van der Waals surface area contributed by atoms with Crippen LogP contribution >= 0.6 is 0 Å². The van der Waals surface area contributed by atoms with Gasteiger partial charge in [0.1, 0.15) is 0 Å². The lowest BCUT2D eigenvalue weighted by Crippen LogP contribution is -2.40. The number of rotatable bonds is 7. The average molecular weight is 529 g/mol. The minimum Gasteiger partial charge on any atom is -0.402 e. The zero-order valence-electron chi connectivity index (χ0n) is 21.8. The molecule has 12 heteroatoms. The van der Waals surface area contributed by atoms with Gasteiger partial charge in [-0.05, 0) is 49.1 Å². The van der Waals surface area contributed by atoms with Crippen molar-refractivity contribution < 1.29 is 18.0 Å². The van der Waals surface area contributed by atoms with Gasteiger partial charge in [0.2, 0.25) is 5.62 Å². The fourth-order valence-corrected chi connectivity index (χ4v) is 4.66. The van der Waals surface area contributed by atoms with E-state index in [0.29, 0.717) is 46.5 Å². The third kappa shape index (κ3) is 5.15. The highest BCUT2D eigenvalue weighted by molar-refractivity contribution is 6.00. The number of nitrogens with zero attached hydrogens (tertiary/aromatic N) is 6. The number of nitrogens with two attached hydrogens (primary N) is 1. The van der Waals surface area contributed by atoms with Crippen LogP contribution in [0, 0.1) is 5.41 Å². The van der Waals surface area contributed by atoms with Gasteiger partial charge < -0.3 is 19.8 Å². The number of hydrogen-bond donors (Lipinski definition) is 2. The number of carbonyl (C=O) groups excluding carboxylic acids is 1. The molecular formula is C26H31F3N8O. The van der Waals surface area contributed by atoms with Crippen LogP contribution in [0.3, 0.4) is 0 Å². The van der Waals surface area contributed by atoms with Crippen LogP contribution in [0.5, 0.6) is 0 Å². The van der Waals surface area contributed by atoms with E-state index in [2.05, 4.69) is 10.1 Å². The highest BCUT2D eigenvalue weighted by atomic mass is 19.4. The second-order valence-corrected chi connectivity index (χ2v) is 9.35. The van der Waals surface area contributed by atoms with Crippen molar-refractivity contribution in [3.63, 3.8) is 0 Å². The number of benzene rings is 1. The molecule has 38 heavy (non-hydrogen) atoms. The number of aliphatic imine (C=N–C) groups is 1. The van der Waals surface area contributed by atoms with Gasteiger partial charge in [0.05, 0.1) is 6.54 Å². The fourth-order valence-electron chi connectivity index (χ4n) is 4.66. The Morgan fingerprint density at radius 2 is 1.95 bits per heavy atom. The number of allylic oxidation sites excluding steroid dienone is 1. The normalized spacial score (nSPS) is 14.8. The lowest BCUT2D eigenvalue weighted by molar-refractivity contribution is -0.141. The van der Waals surface area contributed by atoms with Crippen LogP contribution in [0.15, 0.2) is 47.0 Å². The van der Waals surface area contributed by atoms with Crippen molar-refractivity contribution in [1.82, 2.24) is 23.8 Å². The molecule has 9 nitrogen and oxygen atoms in total. The maximum absolute atomic E-state index is 14.0. The van der Waals surface area contributed by atoms with Crippen LogP contribution in [-0.2, 0) is 32.7 Å². The Balaban J connectivity index is 1.88.